The molecule has 3 aromatic carbocycles. The lowest BCUT2D eigenvalue weighted by Crippen LogP contribution is -2.31. The van der Waals surface area contributed by atoms with Crippen LogP contribution in [-0.4, -0.2) is 50.4 Å². The molecule has 0 saturated heterocycles. The minimum Gasteiger partial charge on any atom is -0.460 e. The Morgan fingerprint density at radius 3 is 1.76 bits per heavy atom. The van der Waals surface area contributed by atoms with Crippen molar-refractivity contribution in [3.8, 4) is 23.0 Å². The van der Waals surface area contributed by atoms with Crippen molar-refractivity contribution >= 4 is 34.9 Å². The number of benzene rings is 3. The number of carbonyl (C=O) groups excluding carboxylic acids is 4. The summed E-state index contributed by atoms with van der Waals surface area (Å²) < 4.78 is 27.1. The Morgan fingerprint density at radius 2 is 1.20 bits per heavy atom. The number of esters is 2. The van der Waals surface area contributed by atoms with Crippen LogP contribution in [0.5, 0.6) is 23.0 Å². The van der Waals surface area contributed by atoms with E-state index < -0.39 is 24.1 Å². The van der Waals surface area contributed by atoms with Gasteiger partial charge in [0.25, 0.3) is 0 Å². The van der Waals surface area contributed by atoms with Crippen LogP contribution in [0.2, 0.25) is 0 Å². The third-order valence-corrected chi connectivity index (χ3v) is 5.20. The molecular formula is C30H30N2O9. The molecule has 0 saturated carbocycles. The Kier molecular flexibility index (Phi) is 10.9. The number of rotatable bonds is 12. The summed E-state index contributed by atoms with van der Waals surface area (Å²) in [7, 11) is 0. The van der Waals surface area contributed by atoms with Crippen molar-refractivity contribution in [1.82, 2.24) is 10.6 Å². The smallest absolute Gasteiger partial charge is 0.412 e. The molecule has 0 spiro atoms. The summed E-state index contributed by atoms with van der Waals surface area (Å²) in [6.45, 7) is 9.87. The zero-order chi connectivity index (χ0) is 29.8. The van der Waals surface area contributed by atoms with Gasteiger partial charge in [0.1, 0.15) is 24.7 Å². The van der Waals surface area contributed by atoms with Crippen LogP contribution in [0.1, 0.15) is 13.8 Å². The van der Waals surface area contributed by atoms with E-state index in [0.717, 1.165) is 0 Å². The zero-order valence-corrected chi connectivity index (χ0v) is 22.7. The van der Waals surface area contributed by atoms with Crippen molar-refractivity contribution in [2.75, 3.05) is 26.3 Å². The van der Waals surface area contributed by atoms with Gasteiger partial charge in [0.2, 0.25) is 0 Å². The number of ether oxygens (including phenoxy) is 5. The van der Waals surface area contributed by atoms with Crippen molar-refractivity contribution < 1.29 is 42.9 Å². The van der Waals surface area contributed by atoms with Crippen LogP contribution >= 0.6 is 0 Å². The summed E-state index contributed by atoms with van der Waals surface area (Å²) in [6.07, 6.45) is -1.63. The van der Waals surface area contributed by atoms with Gasteiger partial charge in [-0.3, -0.25) is 0 Å². The van der Waals surface area contributed by atoms with Crippen molar-refractivity contribution in [3.05, 3.63) is 85.0 Å². The van der Waals surface area contributed by atoms with E-state index in [1.54, 1.807) is 48.5 Å². The third-order valence-electron chi connectivity index (χ3n) is 5.20. The Hall–Kier alpha value is -5.32. The Labute approximate surface area is 236 Å². The molecule has 0 bridgehead atoms. The van der Waals surface area contributed by atoms with E-state index in [2.05, 4.69) is 23.8 Å². The second-order valence-corrected chi connectivity index (χ2v) is 8.63. The number of hydrogen-bond acceptors (Lipinski definition) is 9. The molecule has 11 heteroatoms. The van der Waals surface area contributed by atoms with Gasteiger partial charge in [-0.05, 0) is 26.0 Å². The lowest BCUT2D eigenvalue weighted by atomic mass is 10.1. The molecule has 2 amide bonds. The summed E-state index contributed by atoms with van der Waals surface area (Å²) >= 11 is 0. The summed E-state index contributed by atoms with van der Waals surface area (Å²) in [5.41, 5.74) is 0.483. The molecule has 3 aromatic rings. The van der Waals surface area contributed by atoms with Crippen molar-refractivity contribution in [2.24, 2.45) is 0 Å². The van der Waals surface area contributed by atoms with E-state index in [1.807, 2.05) is 6.07 Å². The van der Waals surface area contributed by atoms with Crippen molar-refractivity contribution in [2.45, 2.75) is 13.8 Å². The van der Waals surface area contributed by atoms with Gasteiger partial charge in [0, 0.05) is 28.0 Å². The third kappa shape index (κ3) is 9.13. The number of hydrogen-bond donors (Lipinski definition) is 2. The van der Waals surface area contributed by atoms with Gasteiger partial charge >= 0.3 is 24.1 Å². The van der Waals surface area contributed by atoms with Crippen LogP contribution < -0.4 is 24.8 Å². The highest BCUT2D eigenvalue weighted by atomic mass is 16.6. The highest BCUT2D eigenvalue weighted by Crippen LogP contribution is 2.43. The fourth-order valence-corrected chi connectivity index (χ4v) is 3.28. The topological polar surface area (TPSA) is 138 Å². The number of carbonyl (C=O) groups is 4. The number of nitrogens with one attached hydrogen (secondary N) is 2. The molecule has 0 aliphatic carbocycles. The molecular weight excluding hydrogens is 532 g/mol. The standard InChI is InChI=1S/C30H30N2O9/c1-19(2)27(33)37-16-14-31-29(35)40-24-18-25(39-21-10-6-5-7-11-21)26(23-13-9-8-12-22(23)24)41-30(36)32-15-17-38-28(34)20(3)4/h5-13,18H,1,3,14-17H2,2,4H3,(H,31,35)(H,32,36). The first-order valence-corrected chi connectivity index (χ1v) is 12.5. The Bertz CT molecular complexity index is 1450. The normalized spacial score (nSPS) is 10.2. The van der Waals surface area contributed by atoms with E-state index in [9.17, 15) is 19.2 Å². The van der Waals surface area contributed by atoms with E-state index in [4.69, 9.17) is 23.7 Å². The molecule has 0 heterocycles. The molecule has 214 valence electrons. The fourth-order valence-electron chi connectivity index (χ4n) is 3.28. The minimum atomic E-state index is -0.824. The Balaban J connectivity index is 1.81. The van der Waals surface area contributed by atoms with E-state index in [0.29, 0.717) is 16.5 Å². The van der Waals surface area contributed by atoms with Gasteiger partial charge in [0.15, 0.2) is 11.5 Å². The van der Waals surface area contributed by atoms with Crippen LogP contribution in [-0.2, 0) is 19.1 Å². The molecule has 11 nitrogen and oxygen atoms in total. The van der Waals surface area contributed by atoms with Gasteiger partial charge in [-0.15, -0.1) is 0 Å². The second kappa shape index (κ2) is 14.7. The quantitative estimate of drug-likeness (QED) is 0.176. The first kappa shape index (κ1) is 30.2. The summed E-state index contributed by atoms with van der Waals surface area (Å²) in [4.78, 5) is 48.2. The van der Waals surface area contributed by atoms with Gasteiger partial charge in [-0.25, -0.2) is 19.2 Å². The lowest BCUT2D eigenvalue weighted by Gasteiger charge is -2.17. The lowest BCUT2D eigenvalue weighted by molar-refractivity contribution is -0.139. The van der Waals surface area contributed by atoms with Crippen LogP contribution in [0, 0.1) is 0 Å². The summed E-state index contributed by atoms with van der Waals surface area (Å²) in [5, 5.41) is 5.89. The second-order valence-electron chi connectivity index (χ2n) is 8.63. The molecule has 2 N–H and O–H groups in total. The van der Waals surface area contributed by atoms with Gasteiger partial charge < -0.3 is 34.3 Å². The van der Waals surface area contributed by atoms with E-state index in [1.165, 1.54) is 19.9 Å². The maximum absolute atomic E-state index is 12.7. The van der Waals surface area contributed by atoms with E-state index >= 15 is 0 Å². The minimum absolute atomic E-state index is 0.00615. The zero-order valence-electron chi connectivity index (χ0n) is 22.7. The molecule has 0 aromatic heterocycles. The first-order chi connectivity index (χ1) is 19.7. The van der Waals surface area contributed by atoms with Crippen LogP contribution in [0.3, 0.4) is 0 Å². The van der Waals surface area contributed by atoms with Crippen LogP contribution in [0.15, 0.2) is 85.0 Å². The maximum Gasteiger partial charge on any atom is 0.412 e. The molecule has 3 rings (SSSR count). The molecule has 0 aliphatic rings. The average molecular weight is 563 g/mol. The SMILES string of the molecule is C=C(C)C(=O)OCCNC(=O)Oc1cc(Oc2ccccc2)c(OC(=O)NCCOC(=O)C(=C)C)c2ccccc12. The largest absolute Gasteiger partial charge is 0.460 e. The number of amides is 2. The van der Waals surface area contributed by atoms with Gasteiger partial charge in [0.05, 0.1) is 13.1 Å². The molecule has 41 heavy (non-hydrogen) atoms. The highest BCUT2D eigenvalue weighted by Gasteiger charge is 2.21. The Morgan fingerprint density at radius 1 is 0.683 bits per heavy atom. The summed E-state index contributed by atoms with van der Waals surface area (Å²) in [5.74, 6) is -0.409. The van der Waals surface area contributed by atoms with E-state index in [-0.39, 0.29) is 54.7 Å². The first-order valence-electron chi connectivity index (χ1n) is 12.5. The van der Waals surface area contributed by atoms with Crippen LogP contribution in [0.25, 0.3) is 10.8 Å². The summed E-state index contributed by atoms with van der Waals surface area (Å²) in [6, 6.07) is 17.0. The van der Waals surface area contributed by atoms with Gasteiger partial charge in [-0.1, -0.05) is 55.6 Å². The molecule has 0 fully saturated rings. The highest BCUT2D eigenvalue weighted by molar-refractivity contribution is 5.98. The number of fused-ring (bicyclic) bond motifs is 1. The predicted molar refractivity (Wildman–Crippen MR) is 150 cm³/mol. The molecule has 0 unspecified atom stereocenters. The van der Waals surface area contributed by atoms with Gasteiger partial charge in [-0.2, -0.15) is 0 Å². The van der Waals surface area contributed by atoms with Crippen LogP contribution in [0.4, 0.5) is 9.59 Å². The predicted octanol–water partition coefficient (Wildman–Crippen LogP) is 5.05. The van der Waals surface area contributed by atoms with Crippen molar-refractivity contribution in [3.63, 3.8) is 0 Å². The maximum atomic E-state index is 12.7. The number of para-hydroxylation sites is 1. The monoisotopic (exact) mass is 562 g/mol. The average Bonchev–Trinajstić information content (AvgIpc) is 2.95. The fraction of sp³-hybridized carbons (Fsp3) is 0.200. The molecule has 0 radical (unpaired) electrons. The molecule has 0 atom stereocenters. The van der Waals surface area contributed by atoms with Crippen molar-refractivity contribution in [1.29, 1.82) is 0 Å². The molecule has 0 aliphatic heterocycles.